The van der Waals surface area contributed by atoms with Gasteiger partial charge < -0.3 is 0 Å². The van der Waals surface area contributed by atoms with Crippen LogP contribution < -0.4 is 5.43 Å². The fraction of sp³-hybridized carbons (Fsp3) is 0.0833. The molecule has 86 valence electrons. The zero-order valence-corrected chi connectivity index (χ0v) is 10.1. The van der Waals surface area contributed by atoms with Gasteiger partial charge in [-0.25, -0.2) is 5.43 Å². The first-order valence-electron chi connectivity index (χ1n) is 5.06. The monoisotopic (exact) mass is 245 g/mol. The van der Waals surface area contributed by atoms with Gasteiger partial charge in [-0.05, 0) is 30.5 Å². The molecule has 0 spiro atoms. The van der Waals surface area contributed by atoms with Crippen molar-refractivity contribution in [2.24, 2.45) is 5.10 Å². The summed E-state index contributed by atoms with van der Waals surface area (Å²) in [5.74, 6) is -0.205. The van der Waals surface area contributed by atoms with Crippen LogP contribution in [0.1, 0.15) is 21.1 Å². The first-order valence-corrected chi connectivity index (χ1v) is 5.94. The maximum Gasteiger partial charge on any atom is 0.281 e. The van der Waals surface area contributed by atoms with Gasteiger partial charge in [-0.15, -0.1) is 11.3 Å². The second-order valence-corrected chi connectivity index (χ2v) is 4.33. The number of hydrogen-bond acceptors (Lipinski definition) is 4. The number of aryl methyl sites for hydroxylation is 1. The van der Waals surface area contributed by atoms with E-state index in [4.69, 9.17) is 0 Å². The SMILES string of the molecule is Cc1cccc(/C=N/NC(=O)c2cccs2)n1. The number of thiophene rings is 1. The van der Waals surface area contributed by atoms with Gasteiger partial charge in [0, 0.05) is 5.69 Å². The molecular formula is C12H11N3OS. The average Bonchev–Trinajstić information content (AvgIpc) is 2.82. The molecule has 0 saturated heterocycles. The molecule has 0 aromatic carbocycles. The molecule has 0 aliphatic rings. The van der Waals surface area contributed by atoms with Crippen LogP contribution in [0.5, 0.6) is 0 Å². The lowest BCUT2D eigenvalue weighted by Gasteiger charge is -1.96. The third-order valence-electron chi connectivity index (χ3n) is 2.02. The van der Waals surface area contributed by atoms with Crippen molar-refractivity contribution < 1.29 is 4.79 Å². The van der Waals surface area contributed by atoms with E-state index in [1.165, 1.54) is 17.6 Å². The van der Waals surface area contributed by atoms with Gasteiger partial charge in [0.2, 0.25) is 0 Å². The minimum atomic E-state index is -0.205. The lowest BCUT2D eigenvalue weighted by molar-refractivity contribution is 0.0959. The van der Waals surface area contributed by atoms with Crippen LogP contribution in [0.15, 0.2) is 40.8 Å². The fourth-order valence-corrected chi connectivity index (χ4v) is 1.87. The summed E-state index contributed by atoms with van der Waals surface area (Å²) in [5.41, 5.74) is 4.09. The number of hydrazone groups is 1. The van der Waals surface area contributed by atoms with Crippen LogP contribution in [0.4, 0.5) is 0 Å². The van der Waals surface area contributed by atoms with Crippen LogP contribution in [-0.2, 0) is 0 Å². The predicted octanol–water partition coefficient (Wildman–Crippen LogP) is 2.22. The van der Waals surface area contributed by atoms with Crippen molar-refractivity contribution in [3.8, 4) is 0 Å². The van der Waals surface area contributed by atoms with Crippen molar-refractivity contribution >= 4 is 23.5 Å². The van der Waals surface area contributed by atoms with Gasteiger partial charge in [-0.1, -0.05) is 12.1 Å². The Bertz CT molecular complexity index is 534. The Morgan fingerprint density at radius 3 is 3.00 bits per heavy atom. The normalized spacial score (nSPS) is 10.6. The number of hydrogen-bond donors (Lipinski definition) is 1. The molecule has 0 aliphatic carbocycles. The lowest BCUT2D eigenvalue weighted by atomic mass is 10.3. The number of aromatic nitrogens is 1. The van der Waals surface area contributed by atoms with E-state index in [-0.39, 0.29) is 5.91 Å². The summed E-state index contributed by atoms with van der Waals surface area (Å²) in [6.45, 7) is 1.90. The number of nitrogens with zero attached hydrogens (tertiary/aromatic N) is 2. The minimum Gasteiger partial charge on any atom is -0.266 e. The van der Waals surface area contributed by atoms with E-state index < -0.39 is 0 Å². The topological polar surface area (TPSA) is 54.4 Å². The molecule has 0 atom stereocenters. The molecule has 2 rings (SSSR count). The fourth-order valence-electron chi connectivity index (χ4n) is 1.26. The van der Waals surface area contributed by atoms with Crippen molar-refractivity contribution in [2.75, 3.05) is 0 Å². The maximum atomic E-state index is 11.5. The summed E-state index contributed by atoms with van der Waals surface area (Å²) in [6, 6.07) is 9.20. The molecule has 2 heterocycles. The first-order chi connectivity index (χ1) is 8.25. The van der Waals surface area contributed by atoms with Crippen LogP contribution in [0.25, 0.3) is 0 Å². The highest BCUT2D eigenvalue weighted by molar-refractivity contribution is 7.12. The van der Waals surface area contributed by atoms with E-state index in [0.29, 0.717) is 4.88 Å². The Hall–Kier alpha value is -2.01. The highest BCUT2D eigenvalue weighted by atomic mass is 32.1. The molecule has 4 nitrogen and oxygen atoms in total. The van der Waals surface area contributed by atoms with Crippen molar-refractivity contribution in [3.05, 3.63) is 52.0 Å². The van der Waals surface area contributed by atoms with Gasteiger partial charge in [0.1, 0.15) is 0 Å². The molecule has 0 saturated carbocycles. The van der Waals surface area contributed by atoms with Crippen molar-refractivity contribution in [3.63, 3.8) is 0 Å². The van der Waals surface area contributed by atoms with Gasteiger partial charge >= 0.3 is 0 Å². The number of carbonyl (C=O) groups excluding carboxylic acids is 1. The standard InChI is InChI=1S/C12H11N3OS/c1-9-4-2-5-10(14-9)8-13-15-12(16)11-6-3-7-17-11/h2-8H,1H3,(H,15,16)/b13-8+. The van der Waals surface area contributed by atoms with Gasteiger partial charge in [0.25, 0.3) is 5.91 Å². The highest BCUT2D eigenvalue weighted by Crippen LogP contribution is 2.07. The summed E-state index contributed by atoms with van der Waals surface area (Å²) in [7, 11) is 0. The molecule has 0 bridgehead atoms. The Morgan fingerprint density at radius 2 is 2.29 bits per heavy atom. The molecule has 5 heteroatoms. The van der Waals surface area contributed by atoms with Gasteiger partial charge in [-0.2, -0.15) is 5.10 Å². The summed E-state index contributed by atoms with van der Waals surface area (Å²) in [5, 5.41) is 5.71. The van der Waals surface area contributed by atoms with Gasteiger partial charge in [-0.3, -0.25) is 9.78 Å². The molecule has 2 aromatic heterocycles. The number of nitrogens with one attached hydrogen (secondary N) is 1. The van der Waals surface area contributed by atoms with Crippen LogP contribution in [0.3, 0.4) is 0 Å². The number of rotatable bonds is 3. The Morgan fingerprint density at radius 1 is 1.41 bits per heavy atom. The van der Waals surface area contributed by atoms with E-state index in [1.807, 2.05) is 36.6 Å². The van der Waals surface area contributed by atoms with Crippen molar-refractivity contribution in [2.45, 2.75) is 6.92 Å². The summed E-state index contributed by atoms with van der Waals surface area (Å²) >= 11 is 1.38. The molecule has 2 aromatic rings. The van der Waals surface area contributed by atoms with Gasteiger partial charge in [0.05, 0.1) is 16.8 Å². The van der Waals surface area contributed by atoms with E-state index in [2.05, 4.69) is 15.5 Å². The summed E-state index contributed by atoms with van der Waals surface area (Å²) < 4.78 is 0. The molecule has 0 aliphatic heterocycles. The van der Waals surface area contributed by atoms with Crippen molar-refractivity contribution in [1.82, 2.24) is 10.4 Å². The largest absolute Gasteiger partial charge is 0.281 e. The van der Waals surface area contributed by atoms with Crippen molar-refractivity contribution in [1.29, 1.82) is 0 Å². The van der Waals surface area contributed by atoms with E-state index in [9.17, 15) is 4.79 Å². The average molecular weight is 245 g/mol. The lowest BCUT2D eigenvalue weighted by Crippen LogP contribution is -2.16. The Labute approximate surface area is 103 Å². The quantitative estimate of drug-likeness (QED) is 0.666. The highest BCUT2D eigenvalue weighted by Gasteiger charge is 2.03. The molecule has 0 radical (unpaired) electrons. The third-order valence-corrected chi connectivity index (χ3v) is 2.89. The Kier molecular flexibility index (Phi) is 3.62. The molecule has 0 fully saturated rings. The van der Waals surface area contributed by atoms with E-state index >= 15 is 0 Å². The van der Waals surface area contributed by atoms with Gasteiger partial charge in [0.15, 0.2) is 0 Å². The zero-order valence-electron chi connectivity index (χ0n) is 9.25. The molecule has 1 N–H and O–H groups in total. The maximum absolute atomic E-state index is 11.5. The van der Waals surface area contributed by atoms with Crippen LogP contribution in [0, 0.1) is 6.92 Å². The second kappa shape index (κ2) is 5.36. The third kappa shape index (κ3) is 3.22. The number of pyridine rings is 1. The minimum absolute atomic E-state index is 0.205. The molecule has 17 heavy (non-hydrogen) atoms. The first kappa shape index (κ1) is 11.5. The van der Waals surface area contributed by atoms with Crippen LogP contribution in [0.2, 0.25) is 0 Å². The van der Waals surface area contributed by atoms with E-state index in [0.717, 1.165) is 11.4 Å². The Balaban J connectivity index is 1.96. The molecule has 0 unspecified atom stereocenters. The second-order valence-electron chi connectivity index (χ2n) is 3.38. The summed E-state index contributed by atoms with van der Waals surface area (Å²) in [4.78, 5) is 16.4. The number of amides is 1. The smallest absolute Gasteiger partial charge is 0.266 e. The van der Waals surface area contributed by atoms with Crippen LogP contribution >= 0.6 is 11.3 Å². The predicted molar refractivity (Wildman–Crippen MR) is 68.4 cm³/mol. The summed E-state index contributed by atoms with van der Waals surface area (Å²) in [6.07, 6.45) is 1.53. The number of carbonyl (C=O) groups is 1. The molecule has 1 amide bonds. The zero-order chi connectivity index (χ0) is 12.1. The van der Waals surface area contributed by atoms with E-state index in [1.54, 1.807) is 6.07 Å². The van der Waals surface area contributed by atoms with Crippen LogP contribution in [-0.4, -0.2) is 17.1 Å². The molecular weight excluding hydrogens is 234 g/mol.